The highest BCUT2D eigenvalue weighted by Crippen LogP contribution is 2.44. The molecule has 0 spiro atoms. The Labute approximate surface area is 211 Å². The molecule has 0 atom stereocenters. The van der Waals surface area contributed by atoms with E-state index in [9.17, 15) is 30.7 Å². The lowest BCUT2D eigenvalue weighted by atomic mass is 9.79. The third-order valence-electron chi connectivity index (χ3n) is 6.95. The normalized spacial score (nSPS) is 19.1. The quantitative estimate of drug-likeness (QED) is 0.238. The molecule has 195 valence electrons. The van der Waals surface area contributed by atoms with Crippen molar-refractivity contribution in [1.82, 2.24) is 0 Å². The van der Waals surface area contributed by atoms with Crippen LogP contribution in [0.5, 0.6) is 0 Å². The van der Waals surface area contributed by atoms with Crippen LogP contribution >= 0.6 is 0 Å². The van der Waals surface area contributed by atoms with Crippen molar-refractivity contribution in [3.05, 3.63) is 112 Å². The largest absolute Gasteiger partial charge is 0.295 e. The standard InChI is InChI=1S/C23H21F4.C7H5F3/c1-14-2-4-15(5-3-14)19-12-13-20(22(25)21(19)24)16-6-8-17(9-7-16)23(26,27)18-10-11-18;1-4-2-5(8)7(10)6(9)3-4/h6-15H,2-5H2,1H3;2-3H,1H3. The highest BCUT2D eigenvalue weighted by atomic mass is 19.3. The second-order valence-electron chi connectivity index (χ2n) is 9.77. The molecule has 0 aliphatic heterocycles. The van der Waals surface area contributed by atoms with Crippen LogP contribution in [-0.4, -0.2) is 0 Å². The average molecular weight is 520 g/mol. The zero-order valence-electron chi connectivity index (χ0n) is 20.4. The van der Waals surface area contributed by atoms with Gasteiger partial charge in [-0.1, -0.05) is 62.2 Å². The second-order valence-corrected chi connectivity index (χ2v) is 9.77. The van der Waals surface area contributed by atoms with E-state index in [1.165, 1.54) is 43.7 Å². The van der Waals surface area contributed by atoms with Crippen molar-refractivity contribution in [2.45, 2.75) is 51.4 Å². The topological polar surface area (TPSA) is 0 Å². The van der Waals surface area contributed by atoms with Gasteiger partial charge in [0.25, 0.3) is 5.92 Å². The Bertz CT molecular complexity index is 1280. The van der Waals surface area contributed by atoms with E-state index in [4.69, 9.17) is 0 Å². The van der Waals surface area contributed by atoms with E-state index >= 15 is 0 Å². The minimum Gasteiger partial charge on any atom is -0.204 e. The van der Waals surface area contributed by atoms with E-state index in [2.05, 4.69) is 6.92 Å². The summed E-state index contributed by atoms with van der Waals surface area (Å²) in [5, 5.41) is 0. The lowest BCUT2D eigenvalue weighted by molar-refractivity contribution is 0.0455. The van der Waals surface area contributed by atoms with Gasteiger partial charge in [0.05, 0.1) is 0 Å². The number of rotatable bonds is 4. The summed E-state index contributed by atoms with van der Waals surface area (Å²) in [6, 6.07) is 10.5. The Kier molecular flexibility index (Phi) is 7.81. The van der Waals surface area contributed by atoms with Crippen LogP contribution in [0.1, 0.15) is 55.2 Å². The Morgan fingerprint density at radius 3 is 1.84 bits per heavy atom. The van der Waals surface area contributed by atoms with Crippen LogP contribution in [0.4, 0.5) is 30.7 Å². The fraction of sp³-hybridized carbons (Fsp3) is 0.300. The highest BCUT2D eigenvalue weighted by molar-refractivity contribution is 5.66. The molecule has 7 heteroatoms. The number of aryl methyl sites for hydroxylation is 1. The molecule has 0 amide bonds. The molecule has 0 unspecified atom stereocenters. The SMILES string of the molecule is CC1CCC(c2ccc(-c3ccc(C(F)(F)C4=C[CH]4)cc3)c(F)c2F)CC1.Cc1cc(F)c(F)c(F)c1. The van der Waals surface area contributed by atoms with E-state index in [0.717, 1.165) is 37.8 Å². The van der Waals surface area contributed by atoms with Crippen molar-refractivity contribution in [3.8, 4) is 11.1 Å². The van der Waals surface area contributed by atoms with Crippen LogP contribution in [0.2, 0.25) is 0 Å². The minimum atomic E-state index is -3.04. The van der Waals surface area contributed by atoms with Crippen molar-refractivity contribution in [2.24, 2.45) is 5.92 Å². The summed E-state index contributed by atoms with van der Waals surface area (Å²) in [5.74, 6) is -7.75. The lowest BCUT2D eigenvalue weighted by Gasteiger charge is -2.27. The van der Waals surface area contributed by atoms with E-state index < -0.39 is 35.0 Å². The molecule has 0 heterocycles. The fourth-order valence-corrected chi connectivity index (χ4v) is 4.63. The number of alkyl halides is 2. The molecule has 1 fully saturated rings. The molecule has 2 aliphatic rings. The zero-order valence-corrected chi connectivity index (χ0v) is 20.4. The summed E-state index contributed by atoms with van der Waals surface area (Å²) in [7, 11) is 0. The van der Waals surface area contributed by atoms with E-state index in [0.29, 0.717) is 22.6 Å². The van der Waals surface area contributed by atoms with Crippen LogP contribution in [0.25, 0.3) is 11.1 Å². The monoisotopic (exact) mass is 519 g/mol. The Balaban J connectivity index is 0.000000270. The smallest absolute Gasteiger partial charge is 0.204 e. The molecular formula is C30H26F7. The minimum absolute atomic E-state index is 0.0152. The van der Waals surface area contributed by atoms with Gasteiger partial charge in [-0.05, 0) is 60.4 Å². The molecule has 1 saturated carbocycles. The summed E-state index contributed by atoms with van der Waals surface area (Å²) in [6.07, 6.45) is 6.52. The maximum atomic E-state index is 14.7. The maximum absolute atomic E-state index is 14.7. The molecule has 0 bridgehead atoms. The van der Waals surface area contributed by atoms with E-state index in [1.807, 2.05) is 0 Å². The predicted molar refractivity (Wildman–Crippen MR) is 129 cm³/mol. The second kappa shape index (κ2) is 10.7. The molecule has 5 rings (SSSR count). The third-order valence-corrected chi connectivity index (χ3v) is 6.95. The number of hydrogen-bond donors (Lipinski definition) is 0. The Morgan fingerprint density at radius 1 is 0.730 bits per heavy atom. The average Bonchev–Trinajstić information content (AvgIpc) is 3.72. The third kappa shape index (κ3) is 5.91. The first kappa shape index (κ1) is 27.0. The maximum Gasteiger partial charge on any atom is 0.295 e. The van der Waals surface area contributed by atoms with Crippen LogP contribution in [0, 0.1) is 48.3 Å². The number of allylic oxidation sites excluding steroid dienone is 2. The van der Waals surface area contributed by atoms with Gasteiger partial charge in [-0.2, -0.15) is 8.78 Å². The Morgan fingerprint density at radius 2 is 1.30 bits per heavy atom. The van der Waals surface area contributed by atoms with Gasteiger partial charge < -0.3 is 0 Å². The van der Waals surface area contributed by atoms with Crippen LogP contribution in [0.15, 0.2) is 60.2 Å². The molecular weight excluding hydrogens is 493 g/mol. The molecule has 0 aromatic heterocycles. The zero-order chi connectivity index (χ0) is 26.9. The van der Waals surface area contributed by atoms with Gasteiger partial charge >= 0.3 is 0 Å². The van der Waals surface area contributed by atoms with E-state index in [1.54, 1.807) is 12.1 Å². The van der Waals surface area contributed by atoms with Crippen molar-refractivity contribution in [2.75, 3.05) is 0 Å². The van der Waals surface area contributed by atoms with Crippen LogP contribution < -0.4 is 0 Å². The summed E-state index contributed by atoms with van der Waals surface area (Å²) >= 11 is 0. The van der Waals surface area contributed by atoms with Crippen molar-refractivity contribution in [1.29, 1.82) is 0 Å². The number of halogens is 7. The molecule has 2 aliphatic carbocycles. The Hall–Kier alpha value is -3.09. The summed E-state index contributed by atoms with van der Waals surface area (Å²) in [5.41, 5.74) is 1.13. The lowest BCUT2D eigenvalue weighted by Crippen LogP contribution is -2.13. The first-order valence-electron chi connectivity index (χ1n) is 12.1. The van der Waals surface area contributed by atoms with Crippen molar-refractivity contribution >= 4 is 0 Å². The predicted octanol–water partition coefficient (Wildman–Crippen LogP) is 9.57. The summed E-state index contributed by atoms with van der Waals surface area (Å²) in [6.45, 7) is 3.67. The number of benzene rings is 3. The molecule has 37 heavy (non-hydrogen) atoms. The van der Waals surface area contributed by atoms with Gasteiger partial charge in [0, 0.05) is 23.1 Å². The fourth-order valence-electron chi connectivity index (χ4n) is 4.63. The first-order chi connectivity index (χ1) is 17.5. The van der Waals surface area contributed by atoms with Crippen LogP contribution in [0.3, 0.4) is 0 Å². The number of hydrogen-bond acceptors (Lipinski definition) is 0. The summed E-state index contributed by atoms with van der Waals surface area (Å²) < 4.78 is 94.2. The van der Waals surface area contributed by atoms with Gasteiger partial charge in [-0.25, -0.2) is 22.0 Å². The highest BCUT2D eigenvalue weighted by Gasteiger charge is 2.40. The van der Waals surface area contributed by atoms with Crippen molar-refractivity contribution < 1.29 is 30.7 Å². The molecule has 3 aromatic carbocycles. The molecule has 0 saturated heterocycles. The van der Waals surface area contributed by atoms with Gasteiger partial charge in [-0.3, -0.25) is 0 Å². The molecule has 0 nitrogen and oxygen atoms in total. The van der Waals surface area contributed by atoms with Gasteiger partial charge in [0.15, 0.2) is 29.1 Å². The van der Waals surface area contributed by atoms with Crippen molar-refractivity contribution in [3.63, 3.8) is 0 Å². The molecule has 3 aromatic rings. The molecule has 1 radical (unpaired) electrons. The molecule has 0 N–H and O–H groups in total. The van der Waals surface area contributed by atoms with Crippen LogP contribution in [-0.2, 0) is 5.92 Å². The first-order valence-corrected chi connectivity index (χ1v) is 12.1. The van der Waals surface area contributed by atoms with Gasteiger partial charge in [-0.15, -0.1) is 0 Å². The van der Waals surface area contributed by atoms with Gasteiger partial charge in [0.1, 0.15) is 0 Å². The summed E-state index contributed by atoms with van der Waals surface area (Å²) in [4.78, 5) is 0. The van der Waals surface area contributed by atoms with E-state index in [-0.39, 0.29) is 22.6 Å². The van der Waals surface area contributed by atoms with Gasteiger partial charge in [0.2, 0.25) is 0 Å².